The topological polar surface area (TPSA) is 50.8 Å². The van der Waals surface area contributed by atoms with E-state index < -0.39 is 0 Å². The summed E-state index contributed by atoms with van der Waals surface area (Å²) in [6.45, 7) is 0. The second-order valence-electron chi connectivity index (χ2n) is 3.96. The van der Waals surface area contributed by atoms with E-state index in [1.54, 1.807) is 39.5 Å². The van der Waals surface area contributed by atoms with Crippen molar-refractivity contribution < 1.29 is 14.3 Å². The van der Waals surface area contributed by atoms with E-state index in [4.69, 9.17) is 21.7 Å². The van der Waals surface area contributed by atoms with Crippen molar-refractivity contribution >= 4 is 29.3 Å². The third kappa shape index (κ3) is 2.53. The molecule has 1 amide bonds. The summed E-state index contributed by atoms with van der Waals surface area (Å²) in [5.41, 5.74) is 1.20. The summed E-state index contributed by atoms with van der Waals surface area (Å²) in [6.07, 6.45) is 1.70. The molecule has 1 aromatic rings. The minimum absolute atomic E-state index is 0.164. The fourth-order valence-electron chi connectivity index (χ4n) is 1.72. The van der Waals surface area contributed by atoms with Crippen LogP contribution in [0.5, 0.6) is 11.5 Å². The van der Waals surface area contributed by atoms with Crippen LogP contribution in [-0.4, -0.2) is 37.2 Å². The van der Waals surface area contributed by atoms with Crippen molar-refractivity contribution in [1.82, 2.24) is 10.2 Å². The molecule has 2 rings (SSSR count). The van der Waals surface area contributed by atoms with Crippen molar-refractivity contribution in [2.75, 3.05) is 21.3 Å². The maximum absolute atomic E-state index is 11.9. The number of hydrogen-bond acceptors (Lipinski definition) is 4. The highest BCUT2D eigenvalue weighted by Gasteiger charge is 2.27. The van der Waals surface area contributed by atoms with Crippen molar-refractivity contribution in [1.29, 1.82) is 0 Å². The van der Waals surface area contributed by atoms with Crippen molar-refractivity contribution in [2.45, 2.75) is 0 Å². The first-order valence-corrected chi connectivity index (χ1v) is 6.00. The third-order valence-corrected chi connectivity index (χ3v) is 3.20. The van der Waals surface area contributed by atoms with Crippen LogP contribution in [0.3, 0.4) is 0 Å². The number of carbonyl (C=O) groups excluding carboxylic acids is 1. The SMILES string of the molecule is COc1ccc(/C=C2/NC(=S)N(C)C2=O)c(OC)c1. The maximum atomic E-state index is 11.9. The van der Waals surface area contributed by atoms with E-state index in [1.165, 1.54) is 4.90 Å². The van der Waals surface area contributed by atoms with Gasteiger partial charge in [0.05, 0.1) is 14.2 Å². The molecule has 0 aromatic heterocycles. The van der Waals surface area contributed by atoms with Crippen molar-refractivity contribution in [3.05, 3.63) is 29.5 Å². The minimum Gasteiger partial charge on any atom is -0.497 e. The van der Waals surface area contributed by atoms with E-state index in [0.717, 1.165) is 5.56 Å². The van der Waals surface area contributed by atoms with Crippen molar-refractivity contribution in [3.8, 4) is 11.5 Å². The Balaban J connectivity index is 2.38. The van der Waals surface area contributed by atoms with E-state index in [-0.39, 0.29) is 5.91 Å². The van der Waals surface area contributed by atoms with Gasteiger partial charge in [0, 0.05) is 18.7 Å². The summed E-state index contributed by atoms with van der Waals surface area (Å²) in [5.74, 6) is 1.15. The summed E-state index contributed by atoms with van der Waals surface area (Å²) in [7, 11) is 4.78. The first-order valence-electron chi connectivity index (χ1n) is 5.59. The Hall–Kier alpha value is -2.08. The molecule has 1 N–H and O–H groups in total. The quantitative estimate of drug-likeness (QED) is 0.669. The van der Waals surface area contributed by atoms with Gasteiger partial charge in [-0.25, -0.2) is 0 Å². The summed E-state index contributed by atoms with van der Waals surface area (Å²) in [6, 6.07) is 5.38. The number of nitrogens with zero attached hydrogens (tertiary/aromatic N) is 1. The normalized spacial score (nSPS) is 16.8. The molecule has 0 unspecified atom stereocenters. The molecular weight excluding hydrogens is 264 g/mol. The van der Waals surface area contributed by atoms with Gasteiger partial charge in [-0.1, -0.05) is 0 Å². The third-order valence-electron chi connectivity index (χ3n) is 2.82. The van der Waals surface area contributed by atoms with Gasteiger partial charge in [-0.05, 0) is 30.4 Å². The molecule has 0 saturated carbocycles. The van der Waals surface area contributed by atoms with Gasteiger partial charge in [0.15, 0.2) is 5.11 Å². The number of thiocarbonyl (C=S) groups is 1. The number of likely N-dealkylation sites (N-methyl/N-ethyl adjacent to an activating group) is 1. The van der Waals surface area contributed by atoms with E-state index in [1.807, 2.05) is 6.07 Å². The van der Waals surface area contributed by atoms with Crippen LogP contribution in [0.1, 0.15) is 5.56 Å². The number of nitrogens with one attached hydrogen (secondary N) is 1. The van der Waals surface area contributed by atoms with Gasteiger partial charge in [0.2, 0.25) is 0 Å². The zero-order valence-electron chi connectivity index (χ0n) is 10.9. The molecule has 0 spiro atoms. The van der Waals surface area contributed by atoms with E-state index in [0.29, 0.717) is 22.3 Å². The summed E-state index contributed by atoms with van der Waals surface area (Å²) >= 11 is 5.01. The van der Waals surface area contributed by atoms with Crippen molar-refractivity contribution in [3.63, 3.8) is 0 Å². The van der Waals surface area contributed by atoms with E-state index in [2.05, 4.69) is 5.32 Å². The molecule has 1 aliphatic rings. The number of amides is 1. The van der Waals surface area contributed by atoms with Crippen LogP contribution >= 0.6 is 12.2 Å². The predicted octanol–water partition coefficient (Wildman–Crippen LogP) is 1.39. The lowest BCUT2D eigenvalue weighted by atomic mass is 10.1. The van der Waals surface area contributed by atoms with Gasteiger partial charge in [-0.15, -0.1) is 0 Å². The second-order valence-corrected chi connectivity index (χ2v) is 4.35. The number of rotatable bonds is 3. The smallest absolute Gasteiger partial charge is 0.276 e. The molecule has 100 valence electrons. The molecule has 5 nitrogen and oxygen atoms in total. The average molecular weight is 278 g/mol. The number of hydrogen-bond donors (Lipinski definition) is 1. The predicted molar refractivity (Wildman–Crippen MR) is 76.0 cm³/mol. The van der Waals surface area contributed by atoms with Gasteiger partial charge in [0.25, 0.3) is 5.91 Å². The number of methoxy groups -OCH3 is 2. The largest absolute Gasteiger partial charge is 0.497 e. The Kier molecular flexibility index (Phi) is 3.71. The standard InChI is InChI=1S/C13H14N2O3S/c1-15-12(16)10(14-13(15)19)6-8-4-5-9(17-2)7-11(8)18-3/h4-7H,1-3H3,(H,14,19)/b10-6+. The molecule has 6 heteroatoms. The zero-order chi connectivity index (χ0) is 14.0. The Bertz CT molecular complexity index is 569. The van der Waals surface area contributed by atoms with Crippen LogP contribution in [0.15, 0.2) is 23.9 Å². The molecular formula is C13H14N2O3S. The van der Waals surface area contributed by atoms with Crippen LogP contribution in [0, 0.1) is 0 Å². The summed E-state index contributed by atoms with van der Waals surface area (Å²) in [5, 5.41) is 3.26. The fourth-order valence-corrected chi connectivity index (χ4v) is 1.91. The lowest BCUT2D eigenvalue weighted by Gasteiger charge is -2.07. The molecule has 19 heavy (non-hydrogen) atoms. The van der Waals surface area contributed by atoms with Gasteiger partial charge in [0.1, 0.15) is 17.2 Å². The number of benzene rings is 1. The Morgan fingerprint density at radius 1 is 1.32 bits per heavy atom. The number of ether oxygens (including phenoxy) is 2. The van der Waals surface area contributed by atoms with Crippen molar-refractivity contribution in [2.24, 2.45) is 0 Å². The van der Waals surface area contributed by atoms with Crippen LogP contribution in [0.2, 0.25) is 0 Å². The Morgan fingerprint density at radius 3 is 2.58 bits per heavy atom. The zero-order valence-corrected chi connectivity index (χ0v) is 11.7. The molecule has 0 aliphatic carbocycles. The second kappa shape index (κ2) is 5.27. The average Bonchev–Trinajstić information content (AvgIpc) is 2.67. The molecule has 1 saturated heterocycles. The maximum Gasteiger partial charge on any atom is 0.276 e. The van der Waals surface area contributed by atoms with Gasteiger partial charge >= 0.3 is 0 Å². The molecule has 1 fully saturated rings. The summed E-state index contributed by atoms with van der Waals surface area (Å²) < 4.78 is 10.4. The lowest BCUT2D eigenvalue weighted by molar-refractivity contribution is -0.121. The highest BCUT2D eigenvalue weighted by molar-refractivity contribution is 7.80. The number of carbonyl (C=O) groups is 1. The Morgan fingerprint density at radius 2 is 2.05 bits per heavy atom. The monoisotopic (exact) mass is 278 g/mol. The Labute approximate surface area is 116 Å². The minimum atomic E-state index is -0.164. The fraction of sp³-hybridized carbons (Fsp3) is 0.231. The molecule has 1 aliphatic heterocycles. The van der Waals surface area contributed by atoms with E-state index >= 15 is 0 Å². The highest BCUT2D eigenvalue weighted by atomic mass is 32.1. The summed E-state index contributed by atoms with van der Waals surface area (Å²) in [4.78, 5) is 13.3. The molecule has 0 atom stereocenters. The van der Waals surface area contributed by atoms with Gasteiger partial charge in [-0.3, -0.25) is 9.69 Å². The first-order chi connectivity index (χ1) is 9.06. The van der Waals surface area contributed by atoms with Crippen LogP contribution in [0.25, 0.3) is 6.08 Å². The van der Waals surface area contributed by atoms with Gasteiger partial charge < -0.3 is 14.8 Å². The first kappa shape index (κ1) is 13.4. The molecule has 1 heterocycles. The highest BCUT2D eigenvalue weighted by Crippen LogP contribution is 2.27. The molecule has 0 radical (unpaired) electrons. The molecule has 0 bridgehead atoms. The molecule has 1 aromatic carbocycles. The van der Waals surface area contributed by atoms with Crippen LogP contribution in [0.4, 0.5) is 0 Å². The lowest BCUT2D eigenvalue weighted by Crippen LogP contribution is -2.25. The van der Waals surface area contributed by atoms with Crippen LogP contribution < -0.4 is 14.8 Å². The van der Waals surface area contributed by atoms with E-state index in [9.17, 15) is 4.79 Å². The van der Waals surface area contributed by atoms with Gasteiger partial charge in [-0.2, -0.15) is 0 Å². The van der Waals surface area contributed by atoms with Crippen LogP contribution in [-0.2, 0) is 4.79 Å².